The molecule has 2 heterocycles. The molecular weight excluding hydrogens is 598 g/mol. The number of rotatable bonds is 8. The molecule has 2 aromatic rings. The van der Waals surface area contributed by atoms with Crippen LogP contribution in [0, 0.1) is 16.0 Å². The van der Waals surface area contributed by atoms with E-state index in [1.54, 1.807) is 4.90 Å². The van der Waals surface area contributed by atoms with Gasteiger partial charge in [0, 0.05) is 56.5 Å². The normalized spacial score (nSPS) is 16.4. The number of nitro groups is 1. The van der Waals surface area contributed by atoms with Crippen molar-refractivity contribution < 1.29 is 32.4 Å². The van der Waals surface area contributed by atoms with E-state index in [-0.39, 0.29) is 27.4 Å². The molecule has 2 amide bonds. The van der Waals surface area contributed by atoms with E-state index in [1.807, 2.05) is 4.72 Å². The molecule has 4 rings (SSSR count). The van der Waals surface area contributed by atoms with Gasteiger partial charge in [-0.2, -0.15) is 0 Å². The van der Waals surface area contributed by atoms with Crippen LogP contribution in [0.15, 0.2) is 45.8 Å². The Hall–Kier alpha value is -3.27. The van der Waals surface area contributed by atoms with Crippen molar-refractivity contribution in [1.82, 2.24) is 14.9 Å². The number of ether oxygens (including phenoxy) is 2. The molecule has 0 bridgehead atoms. The average Bonchev–Trinajstić information content (AvgIpc) is 2.92. The van der Waals surface area contributed by atoms with Gasteiger partial charge in [-0.1, -0.05) is 0 Å². The minimum atomic E-state index is -4.44. The Bertz CT molecular complexity index is 1340. The van der Waals surface area contributed by atoms with Gasteiger partial charge in [-0.15, -0.1) is 0 Å². The molecule has 2 aliphatic heterocycles. The number of halogens is 1. The summed E-state index contributed by atoms with van der Waals surface area (Å²) in [5.74, 6) is -0.507. The van der Waals surface area contributed by atoms with Gasteiger partial charge in [-0.05, 0) is 65.0 Å². The Morgan fingerprint density at radius 3 is 2.54 bits per heavy atom. The van der Waals surface area contributed by atoms with Crippen LogP contribution in [0.3, 0.4) is 0 Å². The van der Waals surface area contributed by atoms with Crippen LogP contribution in [-0.4, -0.2) is 76.2 Å². The lowest BCUT2D eigenvalue weighted by Crippen LogP contribution is -2.47. The van der Waals surface area contributed by atoms with Crippen LogP contribution in [-0.2, 0) is 14.8 Å². The number of nitro benzene ring substituents is 1. The lowest BCUT2D eigenvalue weighted by molar-refractivity contribution is -0.384. The number of piperazine rings is 1. The molecule has 2 aromatic carbocycles. The van der Waals surface area contributed by atoms with E-state index in [2.05, 4.69) is 26.6 Å². The Morgan fingerprint density at radius 2 is 1.87 bits per heavy atom. The van der Waals surface area contributed by atoms with Gasteiger partial charge in [-0.25, -0.2) is 17.9 Å². The molecule has 0 atom stereocenters. The molecule has 210 valence electrons. The molecule has 13 nitrogen and oxygen atoms in total. The lowest BCUT2D eigenvalue weighted by Gasteiger charge is -2.26. The van der Waals surface area contributed by atoms with Crippen LogP contribution >= 0.6 is 15.9 Å². The van der Waals surface area contributed by atoms with Crippen molar-refractivity contribution in [3.05, 3.63) is 56.5 Å². The Labute approximate surface area is 233 Å². The van der Waals surface area contributed by atoms with Crippen molar-refractivity contribution in [2.24, 2.45) is 5.92 Å². The fourth-order valence-corrected chi connectivity index (χ4v) is 5.70. The highest BCUT2D eigenvalue weighted by atomic mass is 79.9. The Kier molecular flexibility index (Phi) is 9.37. The van der Waals surface area contributed by atoms with Crippen LogP contribution in [0.5, 0.6) is 5.75 Å². The first-order valence-corrected chi connectivity index (χ1v) is 14.6. The van der Waals surface area contributed by atoms with Crippen LogP contribution in [0.25, 0.3) is 0 Å². The second kappa shape index (κ2) is 12.7. The molecule has 0 aliphatic carbocycles. The number of hydrogen-bond acceptors (Lipinski definition) is 10. The zero-order chi connectivity index (χ0) is 28.0. The molecule has 0 spiro atoms. The second-order valence-corrected chi connectivity index (χ2v) is 11.6. The van der Waals surface area contributed by atoms with E-state index in [4.69, 9.17) is 9.47 Å². The summed E-state index contributed by atoms with van der Waals surface area (Å²) in [6.45, 7) is 4.07. The van der Waals surface area contributed by atoms with E-state index in [0.717, 1.165) is 18.9 Å². The molecule has 0 saturated carbocycles. The highest BCUT2D eigenvalue weighted by molar-refractivity contribution is 9.10. The number of benzene rings is 2. The van der Waals surface area contributed by atoms with Crippen molar-refractivity contribution in [2.45, 2.75) is 17.7 Å². The van der Waals surface area contributed by atoms with Crippen LogP contribution < -0.4 is 20.1 Å². The minimum absolute atomic E-state index is 0.0372. The minimum Gasteiger partial charge on any atom is -0.410 e. The zero-order valence-corrected chi connectivity index (χ0v) is 23.3. The summed E-state index contributed by atoms with van der Waals surface area (Å²) in [5, 5.41) is 17.8. The molecule has 0 aromatic heterocycles. The van der Waals surface area contributed by atoms with Gasteiger partial charge in [0.15, 0.2) is 0 Å². The van der Waals surface area contributed by atoms with E-state index in [9.17, 15) is 28.1 Å². The summed E-state index contributed by atoms with van der Waals surface area (Å²) in [7, 11) is -4.44. The van der Waals surface area contributed by atoms with Gasteiger partial charge in [0.25, 0.3) is 21.6 Å². The maximum Gasteiger partial charge on any atom is 0.415 e. The summed E-state index contributed by atoms with van der Waals surface area (Å²) >= 11 is 3.21. The van der Waals surface area contributed by atoms with Gasteiger partial charge >= 0.3 is 6.09 Å². The maximum atomic E-state index is 12.9. The van der Waals surface area contributed by atoms with Gasteiger partial charge in [-0.3, -0.25) is 14.9 Å². The van der Waals surface area contributed by atoms with E-state index in [0.29, 0.717) is 45.9 Å². The van der Waals surface area contributed by atoms with Crippen molar-refractivity contribution in [3.63, 3.8) is 0 Å². The molecule has 39 heavy (non-hydrogen) atoms. The predicted octanol–water partition coefficient (Wildman–Crippen LogP) is 2.72. The Balaban J connectivity index is 1.43. The third-order valence-electron chi connectivity index (χ3n) is 6.39. The van der Waals surface area contributed by atoms with Crippen molar-refractivity contribution in [3.8, 4) is 5.75 Å². The summed E-state index contributed by atoms with van der Waals surface area (Å²) in [4.78, 5) is 37.2. The SMILES string of the molecule is O=C(NS(=O)(=O)c1ccc(NCC2CCOCC2)c([N+](=O)[O-])c1)c1ccc(OC(=O)N2CCNCC2)cc1Br. The van der Waals surface area contributed by atoms with E-state index < -0.39 is 37.5 Å². The fraction of sp³-hybridized carbons (Fsp3) is 0.417. The number of amides is 2. The van der Waals surface area contributed by atoms with Crippen molar-refractivity contribution in [2.75, 3.05) is 51.3 Å². The summed E-state index contributed by atoms with van der Waals surface area (Å²) in [5.41, 5.74) is -0.274. The van der Waals surface area contributed by atoms with Crippen LogP contribution in [0.1, 0.15) is 23.2 Å². The van der Waals surface area contributed by atoms with Gasteiger partial charge in [0.2, 0.25) is 0 Å². The lowest BCUT2D eigenvalue weighted by atomic mass is 10.0. The van der Waals surface area contributed by atoms with Crippen molar-refractivity contribution >= 4 is 49.3 Å². The van der Waals surface area contributed by atoms with Crippen molar-refractivity contribution in [1.29, 1.82) is 0 Å². The predicted molar refractivity (Wildman–Crippen MR) is 144 cm³/mol. The number of anilines is 1. The number of nitrogens with zero attached hydrogens (tertiary/aromatic N) is 2. The highest BCUT2D eigenvalue weighted by Crippen LogP contribution is 2.29. The van der Waals surface area contributed by atoms with Gasteiger partial charge in [0.1, 0.15) is 11.4 Å². The second-order valence-electron chi connectivity index (χ2n) is 9.05. The summed E-state index contributed by atoms with van der Waals surface area (Å²) in [6, 6.07) is 7.48. The van der Waals surface area contributed by atoms with Crippen LogP contribution in [0.2, 0.25) is 0 Å². The average molecular weight is 626 g/mol. The number of carbonyl (C=O) groups is 2. The third-order valence-corrected chi connectivity index (χ3v) is 8.38. The molecule has 0 radical (unpaired) electrons. The highest BCUT2D eigenvalue weighted by Gasteiger charge is 2.26. The smallest absolute Gasteiger partial charge is 0.410 e. The van der Waals surface area contributed by atoms with E-state index in [1.165, 1.54) is 30.3 Å². The Morgan fingerprint density at radius 1 is 1.15 bits per heavy atom. The zero-order valence-electron chi connectivity index (χ0n) is 20.9. The van der Waals surface area contributed by atoms with E-state index >= 15 is 0 Å². The first kappa shape index (κ1) is 28.7. The van der Waals surface area contributed by atoms with Gasteiger partial charge in [0.05, 0.1) is 15.4 Å². The first-order chi connectivity index (χ1) is 18.6. The number of hydrogen-bond donors (Lipinski definition) is 3. The molecule has 2 saturated heterocycles. The molecule has 15 heteroatoms. The maximum absolute atomic E-state index is 12.9. The molecule has 2 fully saturated rings. The molecule has 3 N–H and O–H groups in total. The number of carbonyl (C=O) groups excluding carboxylic acids is 2. The van der Waals surface area contributed by atoms with Gasteiger partial charge < -0.3 is 25.0 Å². The summed E-state index contributed by atoms with van der Waals surface area (Å²) in [6.07, 6.45) is 1.12. The van der Waals surface area contributed by atoms with Crippen LogP contribution in [0.4, 0.5) is 16.2 Å². The molecule has 0 unspecified atom stereocenters. The number of nitrogens with one attached hydrogen (secondary N) is 3. The summed E-state index contributed by atoms with van der Waals surface area (Å²) < 4.78 is 38.6. The largest absolute Gasteiger partial charge is 0.415 e. The molecule has 2 aliphatic rings. The first-order valence-electron chi connectivity index (χ1n) is 12.3. The quantitative estimate of drug-likeness (QED) is 0.293. The molecular formula is C24H28BrN5O8S. The fourth-order valence-electron chi connectivity index (χ4n) is 4.18. The number of sulfonamides is 1. The monoisotopic (exact) mass is 625 g/mol. The standard InChI is InChI=1S/C24H28BrN5O8S/c25-20-13-17(38-24(32)29-9-7-26-8-10-29)1-3-19(20)23(31)28-39(35,36)18-2-4-21(22(14-18)30(33)34)27-15-16-5-11-37-12-6-16/h1-4,13-14,16,26-27H,5-12,15H2,(H,28,31). The third kappa shape index (κ3) is 7.44. The topological polar surface area (TPSA) is 169 Å².